The van der Waals surface area contributed by atoms with Crippen molar-refractivity contribution in [2.24, 2.45) is 5.92 Å². The lowest BCUT2D eigenvalue weighted by atomic mass is 9.83. The van der Waals surface area contributed by atoms with Crippen molar-refractivity contribution < 1.29 is 21.6 Å². The van der Waals surface area contributed by atoms with E-state index in [0.29, 0.717) is 25.7 Å². The molecule has 3 unspecified atom stereocenters. The third kappa shape index (κ3) is 4.08. The molecule has 112 valence electrons. The van der Waals surface area contributed by atoms with Crippen LogP contribution in [0.15, 0.2) is 0 Å². The summed E-state index contributed by atoms with van der Waals surface area (Å²) in [4.78, 5) is 0. The Hall–Kier alpha value is -0.300. The Kier molecular flexibility index (Phi) is 4.45. The van der Waals surface area contributed by atoms with Crippen LogP contribution in [0.25, 0.3) is 0 Å². The maximum Gasteiger partial charge on any atom is 0.393 e. The summed E-state index contributed by atoms with van der Waals surface area (Å²) >= 11 is 0. The smallest absolute Gasteiger partial charge is 0.310 e. The van der Waals surface area contributed by atoms with Gasteiger partial charge >= 0.3 is 6.18 Å². The van der Waals surface area contributed by atoms with Gasteiger partial charge in [0.25, 0.3) is 0 Å². The van der Waals surface area contributed by atoms with Crippen LogP contribution in [0.2, 0.25) is 0 Å². The van der Waals surface area contributed by atoms with Gasteiger partial charge in [-0.1, -0.05) is 12.8 Å². The van der Waals surface area contributed by atoms with E-state index in [-0.39, 0.29) is 24.0 Å². The summed E-state index contributed by atoms with van der Waals surface area (Å²) in [6, 6.07) is -0.932. The molecule has 0 aromatic carbocycles. The summed E-state index contributed by atoms with van der Waals surface area (Å²) < 4.78 is 61.9. The van der Waals surface area contributed by atoms with Crippen molar-refractivity contribution in [1.29, 1.82) is 0 Å². The Bertz CT molecular complexity index is 408. The molecule has 2 fully saturated rings. The van der Waals surface area contributed by atoms with E-state index in [1.165, 1.54) is 0 Å². The second kappa shape index (κ2) is 5.60. The Morgan fingerprint density at radius 2 is 1.68 bits per heavy atom. The average Bonchev–Trinajstić information content (AvgIpc) is 2.26. The molecule has 1 saturated heterocycles. The molecule has 0 bridgehead atoms. The lowest BCUT2D eigenvalue weighted by molar-refractivity contribution is -0.189. The Morgan fingerprint density at radius 1 is 1.00 bits per heavy atom. The Balaban J connectivity index is 2.00. The molecule has 0 spiro atoms. The van der Waals surface area contributed by atoms with Gasteiger partial charge in [-0.2, -0.15) is 13.2 Å². The fourth-order valence-electron chi connectivity index (χ4n) is 3.18. The van der Waals surface area contributed by atoms with Crippen LogP contribution in [0.4, 0.5) is 13.2 Å². The number of hydrogen-bond acceptors (Lipinski definition) is 3. The molecule has 0 aromatic rings. The Morgan fingerprint density at radius 3 is 2.32 bits per heavy atom. The highest BCUT2D eigenvalue weighted by molar-refractivity contribution is 7.91. The first-order valence-electron chi connectivity index (χ1n) is 6.81. The highest BCUT2D eigenvalue weighted by Gasteiger charge is 2.46. The molecule has 1 aliphatic carbocycles. The van der Waals surface area contributed by atoms with Crippen molar-refractivity contribution in [2.45, 2.75) is 56.8 Å². The van der Waals surface area contributed by atoms with Crippen LogP contribution in [0.3, 0.4) is 0 Å². The van der Waals surface area contributed by atoms with Crippen LogP contribution < -0.4 is 5.32 Å². The molecule has 1 heterocycles. The summed E-state index contributed by atoms with van der Waals surface area (Å²) in [5.41, 5.74) is 0. The second-order valence-electron chi connectivity index (χ2n) is 5.66. The van der Waals surface area contributed by atoms with E-state index in [4.69, 9.17) is 0 Å². The third-order valence-electron chi connectivity index (χ3n) is 4.10. The quantitative estimate of drug-likeness (QED) is 0.851. The number of sulfone groups is 1. The first-order chi connectivity index (χ1) is 8.78. The topological polar surface area (TPSA) is 46.2 Å². The first kappa shape index (κ1) is 15.1. The standard InChI is InChI=1S/C12H20F3NO2S/c13-12(14,15)10-5-1-2-6-11(10)16-9-4-3-7-19(17,18)8-9/h9-11,16H,1-8H2. The first-order valence-corrected chi connectivity index (χ1v) is 8.63. The maximum absolute atomic E-state index is 12.9. The summed E-state index contributed by atoms with van der Waals surface area (Å²) in [5.74, 6) is -1.18. The molecule has 1 aliphatic heterocycles. The van der Waals surface area contributed by atoms with Crippen LogP contribution in [0.5, 0.6) is 0 Å². The van der Waals surface area contributed by atoms with Crippen molar-refractivity contribution in [3.8, 4) is 0 Å². The molecule has 1 N–H and O–H groups in total. The number of halogens is 3. The van der Waals surface area contributed by atoms with Gasteiger partial charge in [0.1, 0.15) is 0 Å². The monoisotopic (exact) mass is 299 g/mol. The van der Waals surface area contributed by atoms with Crippen LogP contribution in [0, 0.1) is 5.92 Å². The zero-order valence-corrected chi connectivity index (χ0v) is 11.6. The number of hydrogen-bond donors (Lipinski definition) is 1. The molecular formula is C12H20F3NO2S. The number of alkyl halides is 3. The molecule has 3 nitrogen and oxygen atoms in total. The van der Waals surface area contributed by atoms with E-state index in [2.05, 4.69) is 5.32 Å². The van der Waals surface area contributed by atoms with Gasteiger partial charge in [-0.15, -0.1) is 0 Å². The lowest BCUT2D eigenvalue weighted by Gasteiger charge is -2.37. The van der Waals surface area contributed by atoms with Crippen LogP contribution in [0.1, 0.15) is 38.5 Å². The molecule has 0 aromatic heterocycles. The fraction of sp³-hybridized carbons (Fsp3) is 1.00. The average molecular weight is 299 g/mol. The number of nitrogens with one attached hydrogen (secondary N) is 1. The normalized spacial score (nSPS) is 36.1. The van der Waals surface area contributed by atoms with E-state index < -0.39 is 28.0 Å². The molecule has 19 heavy (non-hydrogen) atoms. The highest BCUT2D eigenvalue weighted by atomic mass is 32.2. The zero-order valence-electron chi connectivity index (χ0n) is 10.7. The Labute approximate surface area is 111 Å². The van der Waals surface area contributed by atoms with Gasteiger partial charge in [0.2, 0.25) is 0 Å². The van der Waals surface area contributed by atoms with Gasteiger partial charge in [-0.05, 0) is 25.7 Å². The molecule has 2 rings (SSSR count). The second-order valence-corrected chi connectivity index (χ2v) is 7.89. The van der Waals surface area contributed by atoms with Crippen molar-refractivity contribution in [2.75, 3.05) is 11.5 Å². The van der Waals surface area contributed by atoms with Crippen molar-refractivity contribution >= 4 is 9.84 Å². The van der Waals surface area contributed by atoms with E-state index in [0.717, 1.165) is 6.42 Å². The van der Waals surface area contributed by atoms with E-state index in [9.17, 15) is 21.6 Å². The molecular weight excluding hydrogens is 279 g/mol. The predicted octanol–water partition coefficient (Wildman–Crippen LogP) is 2.27. The molecule has 7 heteroatoms. The maximum atomic E-state index is 12.9. The van der Waals surface area contributed by atoms with Gasteiger partial charge < -0.3 is 5.32 Å². The molecule has 3 atom stereocenters. The van der Waals surface area contributed by atoms with Crippen molar-refractivity contribution in [3.05, 3.63) is 0 Å². The predicted molar refractivity (Wildman–Crippen MR) is 66.6 cm³/mol. The molecule has 0 radical (unpaired) electrons. The van der Waals surface area contributed by atoms with Gasteiger partial charge in [-0.3, -0.25) is 0 Å². The minimum atomic E-state index is -4.19. The minimum absolute atomic E-state index is 0.0198. The van der Waals surface area contributed by atoms with Crippen LogP contribution >= 0.6 is 0 Å². The number of rotatable bonds is 2. The fourth-order valence-corrected chi connectivity index (χ4v) is 4.83. The highest BCUT2D eigenvalue weighted by Crippen LogP contribution is 2.38. The third-order valence-corrected chi connectivity index (χ3v) is 5.92. The lowest BCUT2D eigenvalue weighted by Crippen LogP contribution is -2.52. The summed E-state index contributed by atoms with van der Waals surface area (Å²) in [6.07, 6.45) is -0.967. The minimum Gasteiger partial charge on any atom is -0.310 e. The van der Waals surface area contributed by atoms with Crippen LogP contribution in [-0.2, 0) is 9.84 Å². The van der Waals surface area contributed by atoms with E-state index >= 15 is 0 Å². The SMILES string of the molecule is O=S1(=O)CCCC(NC2CCCCC2C(F)(F)F)C1. The summed E-state index contributed by atoms with van der Waals surface area (Å²) in [7, 11) is -3.08. The molecule has 2 aliphatic rings. The van der Waals surface area contributed by atoms with E-state index in [1.807, 2.05) is 0 Å². The largest absolute Gasteiger partial charge is 0.393 e. The molecule has 0 amide bonds. The van der Waals surface area contributed by atoms with Crippen molar-refractivity contribution in [1.82, 2.24) is 5.32 Å². The van der Waals surface area contributed by atoms with Gasteiger partial charge in [0, 0.05) is 12.1 Å². The van der Waals surface area contributed by atoms with Crippen molar-refractivity contribution in [3.63, 3.8) is 0 Å². The van der Waals surface area contributed by atoms with Gasteiger partial charge in [0.15, 0.2) is 9.84 Å². The zero-order chi connectivity index (χ0) is 14.1. The van der Waals surface area contributed by atoms with Gasteiger partial charge in [-0.25, -0.2) is 8.42 Å². The van der Waals surface area contributed by atoms with E-state index in [1.54, 1.807) is 0 Å². The summed E-state index contributed by atoms with van der Waals surface area (Å²) in [6.45, 7) is 0. The summed E-state index contributed by atoms with van der Waals surface area (Å²) in [5, 5.41) is 2.97. The molecule has 1 saturated carbocycles. The van der Waals surface area contributed by atoms with Crippen LogP contribution in [-0.4, -0.2) is 38.2 Å². The van der Waals surface area contributed by atoms with Gasteiger partial charge in [0.05, 0.1) is 17.4 Å².